The van der Waals surface area contributed by atoms with Gasteiger partial charge in [-0.05, 0) is 53.2 Å². The summed E-state index contributed by atoms with van der Waals surface area (Å²) in [4.78, 5) is 11.0. The van der Waals surface area contributed by atoms with E-state index in [-0.39, 0.29) is 0 Å². The lowest BCUT2D eigenvalue weighted by Gasteiger charge is -2.16. The summed E-state index contributed by atoms with van der Waals surface area (Å²) in [5.41, 5.74) is 7.17. The predicted octanol–water partition coefficient (Wildman–Crippen LogP) is 2.63. The van der Waals surface area contributed by atoms with Crippen molar-refractivity contribution in [1.29, 1.82) is 0 Å². The third-order valence-electron chi connectivity index (χ3n) is 2.98. The van der Waals surface area contributed by atoms with Gasteiger partial charge >= 0.3 is 5.97 Å². The Kier molecular flexibility index (Phi) is 3.92. The number of rotatable bonds is 5. The van der Waals surface area contributed by atoms with Crippen LogP contribution in [0.25, 0.3) is 0 Å². The topological polar surface area (TPSA) is 72.5 Å². The molecule has 4 nitrogen and oxygen atoms in total. The van der Waals surface area contributed by atoms with Crippen molar-refractivity contribution in [1.82, 2.24) is 0 Å². The zero-order valence-corrected chi connectivity index (χ0v) is 11.7. The molecule has 0 spiro atoms. The van der Waals surface area contributed by atoms with Crippen LogP contribution in [-0.4, -0.2) is 17.7 Å². The largest absolute Gasteiger partial charge is 0.492 e. The number of nitrogens with two attached hydrogens (primary N) is 1. The Bertz CT molecular complexity index is 472. The number of benzene rings is 1. The molecule has 1 aliphatic rings. The predicted molar refractivity (Wildman–Crippen MR) is 71.7 cm³/mol. The van der Waals surface area contributed by atoms with Gasteiger partial charge in [-0.25, -0.2) is 0 Å². The summed E-state index contributed by atoms with van der Waals surface area (Å²) in [6.07, 6.45) is 2.37. The molecule has 0 aromatic heterocycles. The van der Waals surface area contributed by atoms with Gasteiger partial charge in [-0.15, -0.1) is 0 Å². The van der Waals surface area contributed by atoms with Crippen molar-refractivity contribution in [2.75, 3.05) is 6.61 Å². The van der Waals surface area contributed by atoms with E-state index in [2.05, 4.69) is 15.9 Å². The van der Waals surface area contributed by atoms with Gasteiger partial charge in [-0.2, -0.15) is 0 Å². The minimum atomic E-state index is -1.06. The van der Waals surface area contributed by atoms with Gasteiger partial charge in [0.25, 0.3) is 0 Å². The average Bonchev–Trinajstić information content (AvgIpc) is 3.09. The molecule has 0 saturated heterocycles. The van der Waals surface area contributed by atoms with Gasteiger partial charge < -0.3 is 15.6 Å². The van der Waals surface area contributed by atoms with Gasteiger partial charge in [-0.3, -0.25) is 4.79 Å². The number of carboxylic acids is 1. The highest BCUT2D eigenvalue weighted by Gasteiger charge is 2.25. The van der Waals surface area contributed by atoms with Crippen LogP contribution in [0.4, 0.5) is 0 Å². The van der Waals surface area contributed by atoms with E-state index in [0.717, 1.165) is 10.0 Å². The number of hydrogen-bond donors (Lipinski definition) is 2. The Morgan fingerprint density at radius 1 is 1.61 bits per heavy atom. The molecule has 1 aromatic rings. The number of carbonyl (C=O) groups is 1. The van der Waals surface area contributed by atoms with Crippen LogP contribution in [0.1, 0.15) is 30.0 Å². The molecular weight excluding hydrogens is 298 g/mol. The molecule has 98 valence electrons. The fourth-order valence-corrected chi connectivity index (χ4v) is 2.46. The second kappa shape index (κ2) is 5.28. The van der Waals surface area contributed by atoms with Gasteiger partial charge in [0.2, 0.25) is 0 Å². The van der Waals surface area contributed by atoms with Crippen LogP contribution >= 0.6 is 15.9 Å². The minimum Gasteiger partial charge on any atom is -0.492 e. The van der Waals surface area contributed by atoms with Gasteiger partial charge in [0, 0.05) is 5.56 Å². The van der Waals surface area contributed by atoms with E-state index in [9.17, 15) is 4.79 Å². The normalized spacial score (nSPS) is 16.4. The lowest BCUT2D eigenvalue weighted by molar-refractivity contribution is -0.138. The Labute approximate surface area is 114 Å². The number of aliphatic carboxylic acids is 1. The molecule has 1 unspecified atom stereocenters. The third-order valence-corrected chi connectivity index (χ3v) is 3.57. The van der Waals surface area contributed by atoms with Crippen LogP contribution in [0.5, 0.6) is 5.75 Å². The standard InChI is InChI=1S/C13H16BrNO3/c1-7-4-9(11(15)13(16)17)12(10(14)5-7)18-6-8-2-3-8/h4-5,8,11H,2-3,6,15H2,1H3,(H,16,17). The minimum absolute atomic E-state index is 0.523. The molecule has 0 bridgehead atoms. The smallest absolute Gasteiger partial charge is 0.325 e. The summed E-state index contributed by atoms with van der Waals surface area (Å²) in [5, 5.41) is 9.04. The molecule has 0 aliphatic heterocycles. The van der Waals surface area contributed by atoms with E-state index < -0.39 is 12.0 Å². The summed E-state index contributed by atoms with van der Waals surface area (Å²) in [7, 11) is 0. The van der Waals surface area contributed by atoms with Crippen molar-refractivity contribution in [3.05, 3.63) is 27.7 Å². The Morgan fingerprint density at radius 3 is 2.83 bits per heavy atom. The lowest BCUT2D eigenvalue weighted by atomic mass is 10.0. The molecule has 18 heavy (non-hydrogen) atoms. The monoisotopic (exact) mass is 313 g/mol. The summed E-state index contributed by atoms with van der Waals surface area (Å²) < 4.78 is 6.49. The van der Waals surface area contributed by atoms with E-state index in [1.807, 2.05) is 13.0 Å². The fourth-order valence-electron chi connectivity index (χ4n) is 1.76. The molecule has 0 heterocycles. The molecule has 3 N–H and O–H groups in total. The third kappa shape index (κ3) is 3.03. The average molecular weight is 314 g/mol. The summed E-state index contributed by atoms with van der Waals surface area (Å²) in [6.45, 7) is 2.52. The molecule has 1 aliphatic carbocycles. The van der Waals surface area contributed by atoms with E-state index in [1.165, 1.54) is 12.8 Å². The van der Waals surface area contributed by atoms with Gasteiger partial charge in [0.1, 0.15) is 11.8 Å². The number of hydrogen-bond acceptors (Lipinski definition) is 3. The first-order chi connectivity index (χ1) is 8.49. The molecule has 1 saturated carbocycles. The maximum absolute atomic E-state index is 11.0. The fraction of sp³-hybridized carbons (Fsp3) is 0.462. The highest BCUT2D eigenvalue weighted by molar-refractivity contribution is 9.10. The molecule has 1 fully saturated rings. The van der Waals surface area contributed by atoms with Crippen molar-refractivity contribution in [2.24, 2.45) is 11.7 Å². The molecular formula is C13H16BrNO3. The van der Waals surface area contributed by atoms with Crippen LogP contribution < -0.4 is 10.5 Å². The molecule has 0 radical (unpaired) electrons. The maximum atomic E-state index is 11.0. The van der Waals surface area contributed by atoms with Crippen LogP contribution in [-0.2, 0) is 4.79 Å². The Hall–Kier alpha value is -1.07. The molecule has 1 atom stereocenters. The second-order valence-electron chi connectivity index (χ2n) is 4.74. The Morgan fingerprint density at radius 2 is 2.28 bits per heavy atom. The van der Waals surface area contributed by atoms with E-state index >= 15 is 0 Å². The van der Waals surface area contributed by atoms with Crippen LogP contribution in [0.15, 0.2) is 16.6 Å². The number of carboxylic acid groups (broad SMARTS) is 1. The number of ether oxygens (including phenoxy) is 1. The van der Waals surface area contributed by atoms with Crippen molar-refractivity contribution < 1.29 is 14.6 Å². The van der Waals surface area contributed by atoms with Crippen LogP contribution in [0.3, 0.4) is 0 Å². The van der Waals surface area contributed by atoms with Gasteiger partial charge in [-0.1, -0.05) is 6.07 Å². The van der Waals surface area contributed by atoms with E-state index in [0.29, 0.717) is 23.8 Å². The van der Waals surface area contributed by atoms with Gasteiger partial charge in [0.15, 0.2) is 0 Å². The Balaban J connectivity index is 2.30. The van der Waals surface area contributed by atoms with Gasteiger partial charge in [0.05, 0.1) is 11.1 Å². The summed E-state index contributed by atoms with van der Waals surface area (Å²) in [5.74, 6) is 0.110. The molecule has 0 amide bonds. The summed E-state index contributed by atoms with van der Waals surface area (Å²) in [6, 6.07) is 2.61. The van der Waals surface area contributed by atoms with Crippen LogP contribution in [0, 0.1) is 12.8 Å². The number of aryl methyl sites for hydroxylation is 1. The molecule has 1 aromatic carbocycles. The SMILES string of the molecule is Cc1cc(Br)c(OCC2CC2)c(C(N)C(=O)O)c1. The zero-order chi connectivity index (χ0) is 13.3. The highest BCUT2D eigenvalue weighted by atomic mass is 79.9. The van der Waals surface area contributed by atoms with E-state index in [4.69, 9.17) is 15.6 Å². The van der Waals surface area contributed by atoms with Crippen molar-refractivity contribution in [2.45, 2.75) is 25.8 Å². The second-order valence-corrected chi connectivity index (χ2v) is 5.59. The van der Waals surface area contributed by atoms with Crippen molar-refractivity contribution in [3.8, 4) is 5.75 Å². The van der Waals surface area contributed by atoms with Crippen molar-refractivity contribution >= 4 is 21.9 Å². The molecule has 2 rings (SSSR count). The molecule has 5 heteroatoms. The first kappa shape index (κ1) is 13.4. The van der Waals surface area contributed by atoms with E-state index in [1.54, 1.807) is 6.07 Å². The highest BCUT2D eigenvalue weighted by Crippen LogP contribution is 2.36. The van der Waals surface area contributed by atoms with Crippen molar-refractivity contribution in [3.63, 3.8) is 0 Å². The van der Waals surface area contributed by atoms with Crippen LogP contribution in [0.2, 0.25) is 0 Å². The zero-order valence-electron chi connectivity index (χ0n) is 10.1. The first-order valence-electron chi connectivity index (χ1n) is 5.90. The maximum Gasteiger partial charge on any atom is 0.325 e. The quantitative estimate of drug-likeness (QED) is 0.876. The lowest BCUT2D eigenvalue weighted by Crippen LogP contribution is -2.22. The first-order valence-corrected chi connectivity index (χ1v) is 6.69. The summed E-state index contributed by atoms with van der Waals surface area (Å²) >= 11 is 3.41. The number of halogens is 1.